The fourth-order valence-corrected chi connectivity index (χ4v) is 3.94. The SMILES string of the molecule is COc1ccc(NC(=O)O[C@@H]2CO[C@H]3[C@@H]2OC[C@@H]3NC(=O)c2ccc3c(c2)OCO3)cc1. The van der Waals surface area contributed by atoms with Crippen LogP contribution in [0.1, 0.15) is 10.4 Å². The highest BCUT2D eigenvalue weighted by atomic mass is 16.7. The molecule has 10 heteroatoms. The number of amides is 2. The second-order valence-corrected chi connectivity index (χ2v) is 7.54. The highest BCUT2D eigenvalue weighted by Crippen LogP contribution is 2.33. The van der Waals surface area contributed by atoms with Crippen molar-refractivity contribution in [2.24, 2.45) is 0 Å². The first-order valence-electron chi connectivity index (χ1n) is 10.2. The molecule has 0 aliphatic carbocycles. The summed E-state index contributed by atoms with van der Waals surface area (Å²) in [6.07, 6.45) is -2.06. The van der Waals surface area contributed by atoms with Gasteiger partial charge in [-0.1, -0.05) is 0 Å². The number of ether oxygens (including phenoxy) is 6. The third-order valence-electron chi connectivity index (χ3n) is 5.55. The molecule has 0 aromatic heterocycles. The summed E-state index contributed by atoms with van der Waals surface area (Å²) in [4.78, 5) is 25.0. The number of carbonyl (C=O) groups is 2. The van der Waals surface area contributed by atoms with Crippen molar-refractivity contribution in [1.82, 2.24) is 5.32 Å². The lowest BCUT2D eigenvalue weighted by atomic mass is 10.1. The van der Waals surface area contributed by atoms with Gasteiger partial charge in [0.05, 0.1) is 26.4 Å². The van der Waals surface area contributed by atoms with Crippen LogP contribution >= 0.6 is 0 Å². The molecule has 0 radical (unpaired) electrons. The summed E-state index contributed by atoms with van der Waals surface area (Å²) in [5.74, 6) is 1.55. The van der Waals surface area contributed by atoms with E-state index in [1.54, 1.807) is 49.6 Å². The van der Waals surface area contributed by atoms with Crippen molar-refractivity contribution in [3.63, 3.8) is 0 Å². The molecule has 3 heterocycles. The Morgan fingerprint density at radius 2 is 1.75 bits per heavy atom. The molecule has 168 valence electrons. The van der Waals surface area contributed by atoms with Crippen molar-refractivity contribution in [3.05, 3.63) is 48.0 Å². The minimum Gasteiger partial charge on any atom is -0.497 e. The van der Waals surface area contributed by atoms with Gasteiger partial charge in [-0.3, -0.25) is 10.1 Å². The van der Waals surface area contributed by atoms with Crippen LogP contribution in [0.3, 0.4) is 0 Å². The van der Waals surface area contributed by atoms with Gasteiger partial charge in [0.1, 0.15) is 18.0 Å². The van der Waals surface area contributed by atoms with Gasteiger partial charge in [0.15, 0.2) is 17.6 Å². The van der Waals surface area contributed by atoms with Crippen molar-refractivity contribution in [2.45, 2.75) is 24.4 Å². The molecule has 2 fully saturated rings. The molecule has 0 saturated carbocycles. The Hall–Kier alpha value is -3.50. The molecule has 2 amide bonds. The van der Waals surface area contributed by atoms with E-state index < -0.39 is 24.4 Å². The van der Waals surface area contributed by atoms with E-state index in [2.05, 4.69) is 10.6 Å². The molecule has 5 rings (SSSR count). The van der Waals surface area contributed by atoms with Crippen LogP contribution in [-0.4, -0.2) is 63.5 Å². The first-order valence-corrected chi connectivity index (χ1v) is 10.2. The van der Waals surface area contributed by atoms with Crippen molar-refractivity contribution in [1.29, 1.82) is 0 Å². The third-order valence-corrected chi connectivity index (χ3v) is 5.55. The van der Waals surface area contributed by atoms with Crippen LogP contribution in [0.5, 0.6) is 17.2 Å². The van der Waals surface area contributed by atoms with E-state index in [1.807, 2.05) is 0 Å². The lowest BCUT2D eigenvalue weighted by Gasteiger charge is -2.18. The molecule has 10 nitrogen and oxygen atoms in total. The van der Waals surface area contributed by atoms with Gasteiger partial charge in [0.25, 0.3) is 5.91 Å². The molecule has 2 aromatic carbocycles. The fourth-order valence-electron chi connectivity index (χ4n) is 3.94. The average Bonchev–Trinajstić information content (AvgIpc) is 3.52. The maximum Gasteiger partial charge on any atom is 0.412 e. The zero-order valence-corrected chi connectivity index (χ0v) is 17.2. The van der Waals surface area contributed by atoms with Crippen molar-refractivity contribution >= 4 is 17.7 Å². The lowest BCUT2D eigenvalue weighted by Crippen LogP contribution is -2.44. The minimum atomic E-state index is -0.610. The molecule has 2 saturated heterocycles. The van der Waals surface area contributed by atoms with Crippen LogP contribution in [-0.2, 0) is 14.2 Å². The second kappa shape index (κ2) is 8.56. The van der Waals surface area contributed by atoms with E-state index in [9.17, 15) is 9.59 Å². The Morgan fingerprint density at radius 1 is 0.969 bits per heavy atom. The van der Waals surface area contributed by atoms with E-state index in [4.69, 9.17) is 28.4 Å². The molecule has 0 unspecified atom stereocenters. The number of carbonyl (C=O) groups excluding carboxylic acids is 2. The topological polar surface area (TPSA) is 114 Å². The smallest absolute Gasteiger partial charge is 0.412 e. The normalized spacial score (nSPS) is 25.2. The zero-order chi connectivity index (χ0) is 22.1. The van der Waals surface area contributed by atoms with Gasteiger partial charge in [-0.2, -0.15) is 0 Å². The number of fused-ring (bicyclic) bond motifs is 2. The molecular weight excluding hydrogens is 420 g/mol. The molecule has 0 bridgehead atoms. The average molecular weight is 442 g/mol. The Morgan fingerprint density at radius 3 is 2.56 bits per heavy atom. The summed E-state index contributed by atoms with van der Waals surface area (Å²) in [5, 5.41) is 5.59. The molecule has 3 aliphatic heterocycles. The van der Waals surface area contributed by atoms with Crippen molar-refractivity contribution < 1.29 is 38.0 Å². The zero-order valence-electron chi connectivity index (χ0n) is 17.2. The Kier molecular flexibility index (Phi) is 5.46. The highest BCUT2D eigenvalue weighted by molar-refractivity contribution is 5.95. The summed E-state index contributed by atoms with van der Waals surface area (Å²) in [7, 11) is 1.57. The molecule has 32 heavy (non-hydrogen) atoms. The van der Waals surface area contributed by atoms with Crippen LogP contribution in [0.15, 0.2) is 42.5 Å². The van der Waals surface area contributed by atoms with Gasteiger partial charge in [0.2, 0.25) is 6.79 Å². The summed E-state index contributed by atoms with van der Waals surface area (Å²) in [6, 6.07) is 11.5. The van der Waals surface area contributed by atoms with Gasteiger partial charge < -0.3 is 33.7 Å². The van der Waals surface area contributed by atoms with Gasteiger partial charge in [-0.05, 0) is 42.5 Å². The summed E-state index contributed by atoms with van der Waals surface area (Å²) < 4.78 is 32.8. The number of anilines is 1. The van der Waals surface area contributed by atoms with E-state index in [-0.39, 0.29) is 32.0 Å². The first kappa shape index (κ1) is 20.4. The second-order valence-electron chi connectivity index (χ2n) is 7.54. The van der Waals surface area contributed by atoms with E-state index in [0.29, 0.717) is 28.5 Å². The largest absolute Gasteiger partial charge is 0.497 e. The molecule has 2 N–H and O–H groups in total. The standard InChI is InChI=1S/C22H22N2O8/c1-27-14-5-3-13(4-6-14)23-22(26)32-18-10-29-19-15(9-28-20(18)19)24-21(25)12-2-7-16-17(8-12)31-11-30-16/h2-8,15,18-20H,9-11H2,1H3,(H,23,26)(H,24,25)/t15-,18+,19+,20+/m0/s1. The van der Waals surface area contributed by atoms with Crippen LogP contribution in [0.25, 0.3) is 0 Å². The summed E-state index contributed by atoms with van der Waals surface area (Å²) in [5.41, 5.74) is 1.02. The van der Waals surface area contributed by atoms with Crippen LogP contribution < -0.4 is 24.8 Å². The Labute approximate surface area is 183 Å². The van der Waals surface area contributed by atoms with Crippen LogP contribution in [0.4, 0.5) is 10.5 Å². The number of nitrogens with one attached hydrogen (secondary N) is 2. The van der Waals surface area contributed by atoms with E-state index >= 15 is 0 Å². The van der Waals surface area contributed by atoms with E-state index in [0.717, 1.165) is 0 Å². The highest BCUT2D eigenvalue weighted by Gasteiger charge is 2.50. The summed E-state index contributed by atoms with van der Waals surface area (Å²) >= 11 is 0. The van der Waals surface area contributed by atoms with Gasteiger partial charge in [-0.25, -0.2) is 4.79 Å². The number of methoxy groups -OCH3 is 1. The maximum atomic E-state index is 12.7. The molecular formula is C22H22N2O8. The Balaban J connectivity index is 1.15. The van der Waals surface area contributed by atoms with E-state index in [1.165, 1.54) is 0 Å². The first-order chi connectivity index (χ1) is 15.6. The quantitative estimate of drug-likeness (QED) is 0.722. The lowest BCUT2D eigenvalue weighted by molar-refractivity contribution is 0.00861. The molecule has 0 spiro atoms. The molecule has 2 aromatic rings. The third kappa shape index (κ3) is 4.02. The van der Waals surface area contributed by atoms with Crippen LogP contribution in [0.2, 0.25) is 0 Å². The Bertz CT molecular complexity index is 1010. The van der Waals surface area contributed by atoms with Gasteiger partial charge in [0, 0.05) is 11.3 Å². The van der Waals surface area contributed by atoms with Gasteiger partial charge in [-0.15, -0.1) is 0 Å². The number of benzene rings is 2. The minimum absolute atomic E-state index is 0.141. The maximum absolute atomic E-state index is 12.7. The number of rotatable bonds is 5. The van der Waals surface area contributed by atoms with Crippen molar-refractivity contribution in [3.8, 4) is 17.2 Å². The molecule has 3 aliphatic rings. The predicted octanol–water partition coefficient (Wildman–Crippen LogP) is 1.94. The van der Waals surface area contributed by atoms with Crippen LogP contribution in [0, 0.1) is 0 Å². The number of hydrogen-bond acceptors (Lipinski definition) is 8. The summed E-state index contributed by atoms with van der Waals surface area (Å²) in [6.45, 7) is 0.579. The molecule has 4 atom stereocenters. The fraction of sp³-hybridized carbons (Fsp3) is 0.364. The van der Waals surface area contributed by atoms with Crippen molar-refractivity contribution in [2.75, 3.05) is 32.4 Å². The number of hydrogen-bond donors (Lipinski definition) is 2. The van der Waals surface area contributed by atoms with Gasteiger partial charge >= 0.3 is 6.09 Å². The monoisotopic (exact) mass is 442 g/mol. The predicted molar refractivity (Wildman–Crippen MR) is 110 cm³/mol.